The van der Waals surface area contributed by atoms with Crippen molar-refractivity contribution in [2.75, 3.05) is 13.2 Å². The Morgan fingerprint density at radius 1 is 1.24 bits per heavy atom. The quantitative estimate of drug-likeness (QED) is 0.796. The van der Waals surface area contributed by atoms with Crippen molar-refractivity contribution in [1.29, 1.82) is 0 Å². The van der Waals surface area contributed by atoms with E-state index in [1.54, 1.807) is 11.3 Å². The predicted molar refractivity (Wildman–Crippen MR) is 88.7 cm³/mol. The molecule has 0 radical (unpaired) electrons. The van der Waals surface area contributed by atoms with E-state index in [-0.39, 0.29) is 6.10 Å². The third-order valence-corrected chi connectivity index (χ3v) is 4.45. The molecular formula is C17H24N2OS. The molecule has 2 rings (SSSR count). The Morgan fingerprint density at radius 2 is 2.00 bits per heavy atom. The molecule has 1 aromatic carbocycles. The average Bonchev–Trinajstić information content (AvgIpc) is 2.97. The number of nitrogens with zero attached hydrogens (tertiary/aromatic N) is 1. The molecule has 0 fully saturated rings. The number of ether oxygens (including phenoxy) is 1. The van der Waals surface area contributed by atoms with E-state index < -0.39 is 0 Å². The van der Waals surface area contributed by atoms with Gasteiger partial charge in [-0.15, -0.1) is 11.3 Å². The first kappa shape index (κ1) is 16.1. The summed E-state index contributed by atoms with van der Waals surface area (Å²) >= 11 is 1.69. The largest absolute Gasteiger partial charge is 0.372 e. The Hall–Kier alpha value is -1.23. The molecule has 1 heterocycles. The zero-order chi connectivity index (χ0) is 15.1. The van der Waals surface area contributed by atoms with E-state index >= 15 is 0 Å². The SMILES string of the molecule is CCNC(Cc1csc(C(C)OCC)n1)c1ccccc1. The highest BCUT2D eigenvalue weighted by Gasteiger charge is 2.15. The molecular weight excluding hydrogens is 280 g/mol. The first-order chi connectivity index (χ1) is 10.2. The van der Waals surface area contributed by atoms with Gasteiger partial charge in [0, 0.05) is 24.4 Å². The smallest absolute Gasteiger partial charge is 0.121 e. The topological polar surface area (TPSA) is 34.1 Å². The molecule has 4 heteroatoms. The van der Waals surface area contributed by atoms with Crippen molar-refractivity contribution in [3.8, 4) is 0 Å². The number of hydrogen-bond acceptors (Lipinski definition) is 4. The Morgan fingerprint density at radius 3 is 2.67 bits per heavy atom. The number of nitrogens with one attached hydrogen (secondary N) is 1. The zero-order valence-electron chi connectivity index (χ0n) is 13.0. The molecule has 2 aromatic rings. The molecule has 0 aliphatic rings. The van der Waals surface area contributed by atoms with Crippen LogP contribution in [0.3, 0.4) is 0 Å². The van der Waals surface area contributed by atoms with Crippen LogP contribution in [-0.4, -0.2) is 18.1 Å². The van der Waals surface area contributed by atoms with E-state index in [9.17, 15) is 0 Å². The highest BCUT2D eigenvalue weighted by molar-refractivity contribution is 7.09. The van der Waals surface area contributed by atoms with Gasteiger partial charge in [-0.2, -0.15) is 0 Å². The predicted octanol–water partition coefficient (Wildman–Crippen LogP) is 4.13. The monoisotopic (exact) mass is 304 g/mol. The van der Waals surface area contributed by atoms with Crippen LogP contribution in [0.25, 0.3) is 0 Å². The van der Waals surface area contributed by atoms with Crippen LogP contribution in [0, 0.1) is 0 Å². The summed E-state index contributed by atoms with van der Waals surface area (Å²) in [6, 6.07) is 10.9. The van der Waals surface area contributed by atoms with Gasteiger partial charge in [0.2, 0.25) is 0 Å². The standard InChI is InChI=1S/C17H24N2OS/c1-4-18-16(14-9-7-6-8-10-14)11-15-12-21-17(19-15)13(3)20-5-2/h6-10,12-13,16,18H,4-5,11H2,1-3H3. The van der Waals surface area contributed by atoms with Crippen LogP contribution in [0.15, 0.2) is 35.7 Å². The molecule has 0 amide bonds. The van der Waals surface area contributed by atoms with E-state index in [4.69, 9.17) is 9.72 Å². The van der Waals surface area contributed by atoms with Gasteiger partial charge in [-0.1, -0.05) is 37.3 Å². The Bertz CT molecular complexity index is 527. The lowest BCUT2D eigenvalue weighted by molar-refractivity contribution is 0.0761. The minimum absolute atomic E-state index is 0.0862. The molecule has 2 unspecified atom stereocenters. The van der Waals surface area contributed by atoms with E-state index in [1.165, 1.54) is 5.56 Å². The van der Waals surface area contributed by atoms with Gasteiger partial charge in [0.15, 0.2) is 0 Å². The molecule has 0 bridgehead atoms. The fraction of sp³-hybridized carbons (Fsp3) is 0.471. The second-order valence-corrected chi connectivity index (χ2v) is 5.89. The Labute approximate surface area is 131 Å². The molecule has 0 saturated carbocycles. The first-order valence-corrected chi connectivity index (χ1v) is 8.46. The first-order valence-electron chi connectivity index (χ1n) is 7.58. The molecule has 21 heavy (non-hydrogen) atoms. The number of aromatic nitrogens is 1. The van der Waals surface area contributed by atoms with Crippen LogP contribution < -0.4 is 5.32 Å². The van der Waals surface area contributed by atoms with Gasteiger partial charge in [-0.25, -0.2) is 4.98 Å². The third-order valence-electron chi connectivity index (χ3n) is 3.40. The number of benzene rings is 1. The summed E-state index contributed by atoms with van der Waals surface area (Å²) in [4.78, 5) is 4.73. The fourth-order valence-corrected chi connectivity index (χ4v) is 3.21. The van der Waals surface area contributed by atoms with Crippen molar-refractivity contribution in [2.45, 2.75) is 39.3 Å². The van der Waals surface area contributed by atoms with Gasteiger partial charge in [-0.3, -0.25) is 0 Å². The molecule has 114 valence electrons. The fourth-order valence-electron chi connectivity index (χ4n) is 2.37. The average molecular weight is 304 g/mol. The Balaban J connectivity index is 2.07. The molecule has 2 atom stereocenters. The van der Waals surface area contributed by atoms with E-state index in [0.29, 0.717) is 6.04 Å². The van der Waals surface area contributed by atoms with Gasteiger partial charge in [0.1, 0.15) is 11.1 Å². The second kappa shape index (κ2) is 8.27. The van der Waals surface area contributed by atoms with E-state index in [1.807, 2.05) is 6.92 Å². The minimum Gasteiger partial charge on any atom is -0.372 e. The molecule has 0 saturated heterocycles. The van der Waals surface area contributed by atoms with Crippen LogP contribution in [0.1, 0.15) is 49.2 Å². The molecule has 0 aliphatic heterocycles. The van der Waals surface area contributed by atoms with E-state index in [0.717, 1.165) is 30.3 Å². The maximum Gasteiger partial charge on any atom is 0.121 e. The second-order valence-electron chi connectivity index (χ2n) is 5.00. The molecule has 1 aromatic heterocycles. The van der Waals surface area contributed by atoms with Crippen molar-refractivity contribution in [3.63, 3.8) is 0 Å². The number of likely N-dealkylation sites (N-methyl/N-ethyl adjacent to an activating group) is 1. The van der Waals surface area contributed by atoms with Crippen LogP contribution in [0.4, 0.5) is 0 Å². The van der Waals surface area contributed by atoms with Crippen molar-refractivity contribution in [1.82, 2.24) is 10.3 Å². The number of rotatable bonds is 8. The van der Waals surface area contributed by atoms with Gasteiger partial charge >= 0.3 is 0 Å². The molecule has 0 aliphatic carbocycles. The van der Waals surface area contributed by atoms with Crippen LogP contribution >= 0.6 is 11.3 Å². The maximum atomic E-state index is 5.61. The summed E-state index contributed by atoms with van der Waals surface area (Å²) in [5.41, 5.74) is 2.45. The van der Waals surface area contributed by atoms with E-state index in [2.05, 4.69) is 54.9 Å². The lowest BCUT2D eigenvalue weighted by Crippen LogP contribution is -2.23. The van der Waals surface area contributed by atoms with Crippen molar-refractivity contribution in [3.05, 3.63) is 52.0 Å². The van der Waals surface area contributed by atoms with Crippen molar-refractivity contribution >= 4 is 11.3 Å². The highest BCUT2D eigenvalue weighted by Crippen LogP contribution is 2.24. The number of hydrogen-bond donors (Lipinski definition) is 1. The van der Waals surface area contributed by atoms with Crippen LogP contribution in [-0.2, 0) is 11.2 Å². The van der Waals surface area contributed by atoms with Crippen LogP contribution in [0.5, 0.6) is 0 Å². The zero-order valence-corrected chi connectivity index (χ0v) is 13.8. The highest BCUT2D eigenvalue weighted by atomic mass is 32.1. The van der Waals surface area contributed by atoms with Crippen molar-refractivity contribution < 1.29 is 4.74 Å². The molecule has 3 nitrogen and oxygen atoms in total. The normalized spacial score (nSPS) is 14.0. The summed E-state index contributed by atoms with van der Waals surface area (Å²) in [5, 5.41) is 6.76. The van der Waals surface area contributed by atoms with Gasteiger partial charge < -0.3 is 10.1 Å². The lowest BCUT2D eigenvalue weighted by Gasteiger charge is -2.17. The van der Waals surface area contributed by atoms with Crippen LogP contribution in [0.2, 0.25) is 0 Å². The Kier molecular flexibility index (Phi) is 6.36. The summed E-state index contributed by atoms with van der Waals surface area (Å²) in [7, 11) is 0. The maximum absolute atomic E-state index is 5.61. The number of thiazole rings is 1. The summed E-state index contributed by atoms with van der Waals surface area (Å²) in [6.45, 7) is 7.89. The summed E-state index contributed by atoms with van der Waals surface area (Å²) in [6.07, 6.45) is 0.996. The minimum atomic E-state index is 0.0862. The van der Waals surface area contributed by atoms with Crippen molar-refractivity contribution in [2.24, 2.45) is 0 Å². The summed E-state index contributed by atoms with van der Waals surface area (Å²) in [5.74, 6) is 0. The summed E-state index contributed by atoms with van der Waals surface area (Å²) < 4.78 is 5.61. The molecule has 0 spiro atoms. The van der Waals surface area contributed by atoms with Gasteiger partial charge in [0.05, 0.1) is 5.69 Å². The lowest BCUT2D eigenvalue weighted by atomic mass is 10.0. The van der Waals surface area contributed by atoms with Gasteiger partial charge in [-0.05, 0) is 26.0 Å². The third kappa shape index (κ3) is 4.63. The molecule has 1 N–H and O–H groups in total. The van der Waals surface area contributed by atoms with Gasteiger partial charge in [0.25, 0.3) is 0 Å².